The van der Waals surface area contributed by atoms with Crippen LogP contribution in [-0.2, 0) is 0 Å². The van der Waals surface area contributed by atoms with Crippen LogP contribution < -0.4 is 5.32 Å². The second-order valence-corrected chi connectivity index (χ2v) is 5.33. The zero-order chi connectivity index (χ0) is 14.7. The summed E-state index contributed by atoms with van der Waals surface area (Å²) in [6.45, 7) is 0.827. The number of benzene rings is 1. The molecule has 0 radical (unpaired) electrons. The van der Waals surface area contributed by atoms with Gasteiger partial charge in [0.05, 0.1) is 16.0 Å². The van der Waals surface area contributed by atoms with E-state index < -0.39 is 4.92 Å². The molecule has 2 aromatic rings. The molecule has 1 aromatic carbocycles. The van der Waals surface area contributed by atoms with Crippen molar-refractivity contribution >= 4 is 22.7 Å². The van der Waals surface area contributed by atoms with Gasteiger partial charge in [-0.05, 0) is 38.2 Å². The summed E-state index contributed by atoms with van der Waals surface area (Å²) in [5, 5.41) is 14.0. The number of nitro benzene ring substituents is 1. The molecule has 0 amide bonds. The number of nitrogens with zero attached hydrogens (tertiary/aromatic N) is 2. The summed E-state index contributed by atoms with van der Waals surface area (Å²) >= 11 is 0. The van der Waals surface area contributed by atoms with Crippen molar-refractivity contribution in [3.05, 3.63) is 40.0 Å². The molecule has 0 bridgehead atoms. The summed E-state index contributed by atoms with van der Waals surface area (Å²) in [4.78, 5) is 17.8. The lowest BCUT2D eigenvalue weighted by atomic mass is 9.97. The number of aromatic amines is 1. The van der Waals surface area contributed by atoms with E-state index in [9.17, 15) is 10.1 Å². The molecular weight excluding hydrogens is 268 g/mol. The number of nitrogens with one attached hydrogen (secondary N) is 2. The van der Waals surface area contributed by atoms with Gasteiger partial charge >= 0.3 is 0 Å². The normalized spacial score (nSPS) is 15.0. The number of rotatable bonds is 5. The van der Waals surface area contributed by atoms with E-state index in [0.717, 1.165) is 18.5 Å². The third kappa shape index (κ3) is 3.21. The van der Waals surface area contributed by atoms with Crippen molar-refractivity contribution in [1.29, 1.82) is 0 Å². The molecule has 1 aliphatic carbocycles. The van der Waals surface area contributed by atoms with E-state index in [1.165, 1.54) is 43.4 Å². The molecule has 110 valence electrons. The molecule has 1 heterocycles. The highest BCUT2D eigenvalue weighted by molar-refractivity contribution is 5.79. The van der Waals surface area contributed by atoms with Crippen molar-refractivity contribution in [2.75, 3.05) is 11.9 Å². The van der Waals surface area contributed by atoms with E-state index in [0.29, 0.717) is 11.5 Å². The van der Waals surface area contributed by atoms with Gasteiger partial charge in [-0.25, -0.2) is 4.98 Å². The lowest BCUT2D eigenvalue weighted by Gasteiger charge is -2.12. The van der Waals surface area contributed by atoms with Crippen LogP contribution >= 0.6 is 0 Å². The fourth-order valence-corrected chi connectivity index (χ4v) is 2.67. The molecule has 1 aliphatic rings. The maximum Gasteiger partial charge on any atom is 0.271 e. The summed E-state index contributed by atoms with van der Waals surface area (Å²) in [5.74, 6) is 0.668. The highest BCUT2D eigenvalue weighted by atomic mass is 16.6. The van der Waals surface area contributed by atoms with Gasteiger partial charge in [0, 0.05) is 18.7 Å². The van der Waals surface area contributed by atoms with Crippen LogP contribution in [-0.4, -0.2) is 21.4 Å². The molecule has 21 heavy (non-hydrogen) atoms. The monoisotopic (exact) mass is 286 g/mol. The van der Waals surface area contributed by atoms with Crippen LogP contribution in [0.3, 0.4) is 0 Å². The molecule has 3 rings (SSSR count). The molecule has 0 spiro atoms. The Kier molecular flexibility index (Phi) is 3.85. The average molecular weight is 286 g/mol. The summed E-state index contributed by atoms with van der Waals surface area (Å²) in [6, 6.07) is 4.65. The maximum atomic E-state index is 10.7. The predicted molar refractivity (Wildman–Crippen MR) is 82.4 cm³/mol. The molecule has 0 atom stereocenters. The fraction of sp³-hybridized carbons (Fsp3) is 0.400. The van der Waals surface area contributed by atoms with Gasteiger partial charge in [-0.1, -0.05) is 11.6 Å². The Hall–Kier alpha value is -2.37. The molecule has 1 aromatic heterocycles. The number of nitro groups is 1. The zero-order valence-electron chi connectivity index (χ0n) is 11.8. The lowest BCUT2D eigenvalue weighted by molar-refractivity contribution is -0.384. The van der Waals surface area contributed by atoms with E-state index >= 15 is 0 Å². The molecule has 0 unspecified atom stereocenters. The summed E-state index contributed by atoms with van der Waals surface area (Å²) in [5.41, 5.74) is 3.01. The number of allylic oxidation sites excluding steroid dienone is 1. The zero-order valence-corrected chi connectivity index (χ0v) is 11.8. The number of hydrogen-bond acceptors (Lipinski definition) is 4. The molecule has 2 N–H and O–H groups in total. The van der Waals surface area contributed by atoms with Crippen molar-refractivity contribution in [3.8, 4) is 0 Å². The van der Waals surface area contributed by atoms with Gasteiger partial charge in [0.25, 0.3) is 5.69 Å². The molecule has 6 nitrogen and oxygen atoms in total. The van der Waals surface area contributed by atoms with Crippen molar-refractivity contribution in [3.63, 3.8) is 0 Å². The van der Waals surface area contributed by atoms with E-state index in [2.05, 4.69) is 21.4 Å². The number of H-pyrrole nitrogens is 1. The van der Waals surface area contributed by atoms with E-state index in [4.69, 9.17) is 0 Å². The third-order valence-electron chi connectivity index (χ3n) is 3.80. The Morgan fingerprint density at radius 2 is 2.29 bits per heavy atom. The fourth-order valence-electron chi connectivity index (χ4n) is 2.67. The highest BCUT2D eigenvalue weighted by Crippen LogP contribution is 2.22. The van der Waals surface area contributed by atoms with Crippen molar-refractivity contribution in [1.82, 2.24) is 9.97 Å². The Morgan fingerprint density at radius 3 is 3.05 bits per heavy atom. The minimum Gasteiger partial charge on any atom is -0.355 e. The van der Waals surface area contributed by atoms with Gasteiger partial charge in [-0.15, -0.1) is 0 Å². The van der Waals surface area contributed by atoms with Crippen LogP contribution in [0.4, 0.5) is 11.6 Å². The molecule has 0 fully saturated rings. The van der Waals surface area contributed by atoms with Crippen molar-refractivity contribution in [2.45, 2.75) is 32.1 Å². The Labute approximate surface area is 122 Å². The van der Waals surface area contributed by atoms with E-state index in [1.54, 1.807) is 6.07 Å². The standard InChI is InChI=1S/C15H18N4O2/c20-19(21)12-6-7-13-14(10-12)18-15(17-13)16-9-8-11-4-2-1-3-5-11/h4,6-7,10H,1-3,5,8-9H2,(H2,16,17,18). The molecule has 0 saturated heterocycles. The SMILES string of the molecule is O=[N+]([O-])c1ccc2nc(NCCC3=CCCCC3)[nH]c2c1. The molecule has 0 aliphatic heterocycles. The second-order valence-electron chi connectivity index (χ2n) is 5.33. The molecule has 0 saturated carbocycles. The van der Waals surface area contributed by atoms with Crippen LogP contribution in [0.2, 0.25) is 0 Å². The van der Waals surface area contributed by atoms with Gasteiger partial charge < -0.3 is 10.3 Å². The summed E-state index contributed by atoms with van der Waals surface area (Å²) in [6.07, 6.45) is 8.36. The first kappa shape index (κ1) is 13.6. The summed E-state index contributed by atoms with van der Waals surface area (Å²) in [7, 11) is 0. The first-order chi connectivity index (χ1) is 10.2. The second kappa shape index (κ2) is 5.95. The number of fused-ring (bicyclic) bond motifs is 1. The number of hydrogen-bond donors (Lipinski definition) is 2. The Balaban J connectivity index is 1.64. The number of imidazole rings is 1. The van der Waals surface area contributed by atoms with Gasteiger partial charge in [0.2, 0.25) is 5.95 Å². The quantitative estimate of drug-likeness (QED) is 0.498. The molecular formula is C15H18N4O2. The van der Waals surface area contributed by atoms with Crippen molar-refractivity contribution < 1.29 is 4.92 Å². The van der Waals surface area contributed by atoms with E-state index in [-0.39, 0.29) is 5.69 Å². The van der Waals surface area contributed by atoms with Crippen LogP contribution in [0.5, 0.6) is 0 Å². The summed E-state index contributed by atoms with van der Waals surface area (Å²) < 4.78 is 0. The number of aromatic nitrogens is 2. The van der Waals surface area contributed by atoms with Gasteiger partial charge in [-0.3, -0.25) is 10.1 Å². The minimum absolute atomic E-state index is 0.0741. The van der Waals surface area contributed by atoms with Gasteiger partial charge in [-0.2, -0.15) is 0 Å². The van der Waals surface area contributed by atoms with Crippen LogP contribution in [0.25, 0.3) is 11.0 Å². The average Bonchev–Trinajstić information content (AvgIpc) is 2.90. The predicted octanol–water partition coefficient (Wildman–Crippen LogP) is 3.77. The number of non-ortho nitro benzene ring substituents is 1. The van der Waals surface area contributed by atoms with Crippen LogP contribution in [0.15, 0.2) is 29.8 Å². The van der Waals surface area contributed by atoms with E-state index in [1.807, 2.05) is 0 Å². The first-order valence-electron chi connectivity index (χ1n) is 7.28. The maximum absolute atomic E-state index is 10.7. The van der Waals surface area contributed by atoms with Gasteiger partial charge in [0.15, 0.2) is 0 Å². The minimum atomic E-state index is -0.400. The smallest absolute Gasteiger partial charge is 0.271 e. The topological polar surface area (TPSA) is 83.8 Å². The highest BCUT2D eigenvalue weighted by Gasteiger charge is 2.09. The first-order valence-corrected chi connectivity index (χ1v) is 7.28. The van der Waals surface area contributed by atoms with Crippen LogP contribution in [0.1, 0.15) is 32.1 Å². The van der Waals surface area contributed by atoms with Crippen molar-refractivity contribution in [2.24, 2.45) is 0 Å². The molecule has 6 heteroatoms. The largest absolute Gasteiger partial charge is 0.355 e. The Bertz CT molecular complexity index is 690. The Morgan fingerprint density at radius 1 is 1.38 bits per heavy atom. The van der Waals surface area contributed by atoms with Crippen LogP contribution in [0, 0.1) is 10.1 Å². The lowest BCUT2D eigenvalue weighted by Crippen LogP contribution is -2.05. The third-order valence-corrected chi connectivity index (χ3v) is 3.80. The number of anilines is 1. The van der Waals surface area contributed by atoms with Gasteiger partial charge in [0.1, 0.15) is 0 Å².